The minimum atomic E-state index is 0. The van der Waals surface area contributed by atoms with E-state index >= 15 is 0 Å². The molecule has 0 amide bonds. The van der Waals surface area contributed by atoms with Crippen LogP contribution in [0, 0.1) is 5.92 Å². The SMILES string of the molecule is Cl.Cl.c1c(NCC2CCOC2)nn2c1CNCC2. The molecule has 3 rings (SSSR count). The summed E-state index contributed by atoms with van der Waals surface area (Å²) in [5, 5.41) is 11.3. The first-order valence-corrected chi connectivity index (χ1v) is 6.01. The topological polar surface area (TPSA) is 51.1 Å². The van der Waals surface area contributed by atoms with Crippen molar-refractivity contribution in [3.8, 4) is 0 Å². The normalized spacial score (nSPS) is 21.7. The van der Waals surface area contributed by atoms with Crippen LogP contribution >= 0.6 is 24.8 Å². The minimum absolute atomic E-state index is 0. The third-order valence-electron chi connectivity index (χ3n) is 3.27. The van der Waals surface area contributed by atoms with Crippen LogP contribution in [0.4, 0.5) is 5.82 Å². The molecule has 18 heavy (non-hydrogen) atoms. The molecule has 1 atom stereocenters. The van der Waals surface area contributed by atoms with Gasteiger partial charge in [0.2, 0.25) is 0 Å². The van der Waals surface area contributed by atoms with Crippen LogP contribution in [0.1, 0.15) is 12.1 Å². The van der Waals surface area contributed by atoms with Crippen molar-refractivity contribution in [2.45, 2.75) is 19.5 Å². The first kappa shape index (κ1) is 15.6. The standard InChI is InChI=1S/C11H18N4O.2ClH/c1-4-16-8-9(1)6-13-11-5-10-7-12-2-3-15(10)14-11;;/h5,9,12H,1-4,6-8H2,(H,13,14);2*1H. The highest BCUT2D eigenvalue weighted by Gasteiger charge is 2.16. The smallest absolute Gasteiger partial charge is 0.148 e. The van der Waals surface area contributed by atoms with Crippen molar-refractivity contribution in [1.82, 2.24) is 15.1 Å². The molecular weight excluding hydrogens is 275 g/mol. The van der Waals surface area contributed by atoms with E-state index in [1.165, 1.54) is 12.1 Å². The highest BCUT2D eigenvalue weighted by Crippen LogP contribution is 2.15. The number of aromatic nitrogens is 2. The number of halogens is 2. The molecule has 104 valence electrons. The largest absolute Gasteiger partial charge is 0.381 e. The molecule has 2 aliphatic heterocycles. The molecule has 1 fully saturated rings. The van der Waals surface area contributed by atoms with Gasteiger partial charge in [-0.1, -0.05) is 0 Å². The summed E-state index contributed by atoms with van der Waals surface area (Å²) in [5.74, 6) is 1.66. The maximum absolute atomic E-state index is 5.35. The molecule has 7 heteroatoms. The predicted molar refractivity (Wildman–Crippen MR) is 75.8 cm³/mol. The molecule has 1 aromatic rings. The van der Waals surface area contributed by atoms with Gasteiger partial charge in [-0.25, -0.2) is 0 Å². The van der Waals surface area contributed by atoms with Crippen LogP contribution in [0.15, 0.2) is 6.07 Å². The number of anilines is 1. The van der Waals surface area contributed by atoms with Gasteiger partial charge in [0.15, 0.2) is 0 Å². The summed E-state index contributed by atoms with van der Waals surface area (Å²) >= 11 is 0. The number of rotatable bonds is 3. The lowest BCUT2D eigenvalue weighted by atomic mass is 10.1. The Morgan fingerprint density at radius 1 is 1.50 bits per heavy atom. The average Bonchev–Trinajstić information content (AvgIpc) is 2.95. The number of ether oxygens (including phenoxy) is 1. The quantitative estimate of drug-likeness (QED) is 0.882. The number of nitrogens with zero attached hydrogens (tertiary/aromatic N) is 2. The van der Waals surface area contributed by atoms with E-state index in [4.69, 9.17) is 4.74 Å². The third-order valence-corrected chi connectivity index (χ3v) is 3.27. The number of hydrogen-bond donors (Lipinski definition) is 2. The van der Waals surface area contributed by atoms with Gasteiger partial charge in [-0.15, -0.1) is 24.8 Å². The number of hydrogen-bond acceptors (Lipinski definition) is 4. The summed E-state index contributed by atoms with van der Waals surface area (Å²) in [6.07, 6.45) is 1.17. The minimum Gasteiger partial charge on any atom is -0.381 e. The highest BCUT2D eigenvalue weighted by atomic mass is 35.5. The van der Waals surface area contributed by atoms with E-state index in [-0.39, 0.29) is 24.8 Å². The second kappa shape index (κ2) is 7.19. The Morgan fingerprint density at radius 2 is 2.39 bits per heavy atom. The Kier molecular flexibility index (Phi) is 6.21. The van der Waals surface area contributed by atoms with Crippen LogP contribution in [0.3, 0.4) is 0 Å². The van der Waals surface area contributed by atoms with Gasteiger partial charge in [0, 0.05) is 38.2 Å². The van der Waals surface area contributed by atoms with Crippen molar-refractivity contribution in [2.24, 2.45) is 5.92 Å². The summed E-state index contributed by atoms with van der Waals surface area (Å²) in [4.78, 5) is 0. The van der Waals surface area contributed by atoms with Gasteiger partial charge in [0.05, 0.1) is 18.8 Å². The molecule has 1 saturated heterocycles. The first-order chi connectivity index (χ1) is 7.92. The Morgan fingerprint density at radius 3 is 3.11 bits per heavy atom. The average molecular weight is 295 g/mol. The second-order valence-corrected chi connectivity index (χ2v) is 4.53. The van der Waals surface area contributed by atoms with E-state index in [9.17, 15) is 0 Å². The van der Waals surface area contributed by atoms with Crippen LogP contribution in [-0.2, 0) is 17.8 Å². The van der Waals surface area contributed by atoms with Crippen molar-refractivity contribution in [3.63, 3.8) is 0 Å². The summed E-state index contributed by atoms with van der Waals surface area (Å²) in [6, 6.07) is 2.14. The molecule has 3 heterocycles. The number of fused-ring (bicyclic) bond motifs is 1. The Labute approximate surface area is 119 Å². The van der Waals surface area contributed by atoms with Crippen LogP contribution < -0.4 is 10.6 Å². The van der Waals surface area contributed by atoms with E-state index in [1.807, 2.05) is 0 Å². The van der Waals surface area contributed by atoms with Crippen LogP contribution in [0.25, 0.3) is 0 Å². The zero-order valence-electron chi connectivity index (χ0n) is 10.2. The van der Waals surface area contributed by atoms with Gasteiger partial charge in [0.1, 0.15) is 5.82 Å². The summed E-state index contributed by atoms with van der Waals surface area (Å²) < 4.78 is 7.44. The fourth-order valence-electron chi connectivity index (χ4n) is 2.27. The van der Waals surface area contributed by atoms with E-state index < -0.39 is 0 Å². The zero-order chi connectivity index (χ0) is 10.8. The molecule has 2 N–H and O–H groups in total. The van der Waals surface area contributed by atoms with Crippen LogP contribution in [-0.4, -0.2) is 36.1 Å². The zero-order valence-corrected chi connectivity index (χ0v) is 11.9. The Hall–Kier alpha value is -0.490. The first-order valence-electron chi connectivity index (χ1n) is 6.01. The van der Waals surface area contributed by atoms with Crippen molar-refractivity contribution < 1.29 is 4.74 Å². The van der Waals surface area contributed by atoms with Crippen molar-refractivity contribution in [1.29, 1.82) is 0 Å². The van der Waals surface area contributed by atoms with E-state index in [2.05, 4.69) is 26.5 Å². The molecule has 0 bridgehead atoms. The molecule has 0 spiro atoms. The van der Waals surface area contributed by atoms with E-state index in [0.717, 1.165) is 45.2 Å². The van der Waals surface area contributed by atoms with E-state index in [1.54, 1.807) is 0 Å². The summed E-state index contributed by atoms with van der Waals surface area (Å²) in [7, 11) is 0. The fraction of sp³-hybridized carbons (Fsp3) is 0.727. The number of nitrogens with one attached hydrogen (secondary N) is 2. The molecular formula is C11H20Cl2N4O. The Balaban J connectivity index is 0.000000810. The molecule has 1 aromatic heterocycles. The molecule has 5 nitrogen and oxygen atoms in total. The lowest BCUT2D eigenvalue weighted by molar-refractivity contribution is 0.187. The van der Waals surface area contributed by atoms with Gasteiger partial charge < -0.3 is 15.4 Å². The van der Waals surface area contributed by atoms with Gasteiger partial charge in [-0.3, -0.25) is 4.68 Å². The molecule has 0 aromatic carbocycles. The van der Waals surface area contributed by atoms with Gasteiger partial charge in [-0.05, 0) is 6.42 Å². The molecule has 2 aliphatic rings. The second-order valence-electron chi connectivity index (χ2n) is 4.53. The van der Waals surface area contributed by atoms with Crippen LogP contribution in [0.2, 0.25) is 0 Å². The van der Waals surface area contributed by atoms with Gasteiger partial charge in [0.25, 0.3) is 0 Å². The van der Waals surface area contributed by atoms with Crippen LogP contribution in [0.5, 0.6) is 0 Å². The fourth-order valence-corrected chi connectivity index (χ4v) is 2.27. The van der Waals surface area contributed by atoms with Gasteiger partial charge in [-0.2, -0.15) is 5.10 Å². The van der Waals surface area contributed by atoms with Crippen molar-refractivity contribution >= 4 is 30.6 Å². The molecule has 0 saturated carbocycles. The van der Waals surface area contributed by atoms with Crippen molar-refractivity contribution in [3.05, 3.63) is 11.8 Å². The summed E-state index contributed by atoms with van der Waals surface area (Å²) in [6.45, 7) is 5.71. The molecule has 0 radical (unpaired) electrons. The summed E-state index contributed by atoms with van der Waals surface area (Å²) in [5.41, 5.74) is 1.27. The molecule has 0 aliphatic carbocycles. The molecule has 1 unspecified atom stereocenters. The maximum atomic E-state index is 5.35. The Bertz CT molecular complexity index is 342. The third kappa shape index (κ3) is 3.51. The lowest BCUT2D eigenvalue weighted by Gasteiger charge is -2.13. The predicted octanol–water partition coefficient (Wildman–Crippen LogP) is 1.28. The lowest BCUT2D eigenvalue weighted by Crippen LogP contribution is -2.28. The monoisotopic (exact) mass is 294 g/mol. The van der Waals surface area contributed by atoms with Gasteiger partial charge >= 0.3 is 0 Å². The maximum Gasteiger partial charge on any atom is 0.148 e. The van der Waals surface area contributed by atoms with Crippen molar-refractivity contribution in [2.75, 3.05) is 31.6 Å². The van der Waals surface area contributed by atoms with E-state index in [0.29, 0.717) is 5.92 Å². The highest BCUT2D eigenvalue weighted by molar-refractivity contribution is 5.85.